The second-order valence-electron chi connectivity index (χ2n) is 7.23. The van der Waals surface area contributed by atoms with E-state index in [9.17, 15) is 18.5 Å². The van der Waals surface area contributed by atoms with Crippen LogP contribution in [-0.4, -0.2) is 32.7 Å². The highest BCUT2D eigenvalue weighted by atomic mass is 32.2. The van der Waals surface area contributed by atoms with E-state index >= 15 is 0 Å². The highest BCUT2D eigenvalue weighted by Gasteiger charge is 2.36. The minimum absolute atomic E-state index is 0.192. The Morgan fingerprint density at radius 1 is 1.08 bits per heavy atom. The molecule has 132 valence electrons. The Kier molecular flexibility index (Phi) is 4.55. The van der Waals surface area contributed by atoms with Crippen LogP contribution in [0.25, 0.3) is 0 Å². The van der Waals surface area contributed by atoms with Crippen LogP contribution in [0.2, 0.25) is 0 Å². The highest BCUT2D eigenvalue weighted by Crippen LogP contribution is 2.45. The van der Waals surface area contributed by atoms with Gasteiger partial charge in [-0.25, -0.2) is 8.42 Å². The monoisotopic (exact) mass is 352 g/mol. The molecule has 1 aliphatic heterocycles. The lowest BCUT2D eigenvalue weighted by Crippen LogP contribution is -2.41. The van der Waals surface area contributed by atoms with Crippen molar-refractivity contribution in [2.45, 2.75) is 49.8 Å². The third-order valence-electron chi connectivity index (χ3n) is 5.64. The molecule has 1 heterocycles. The van der Waals surface area contributed by atoms with Crippen LogP contribution in [0.15, 0.2) is 23.1 Å². The fraction of sp³-hybridized carbons (Fsp3) is 0.647. The number of hydrogen-bond acceptors (Lipinski definition) is 5. The van der Waals surface area contributed by atoms with E-state index in [0.29, 0.717) is 5.41 Å². The molecule has 1 saturated carbocycles. The highest BCUT2D eigenvalue weighted by molar-refractivity contribution is 7.90. The maximum Gasteiger partial charge on any atom is 0.288 e. The fourth-order valence-corrected chi connectivity index (χ4v) is 5.05. The smallest absolute Gasteiger partial charge is 0.288 e. The number of anilines is 1. The Hall–Kier alpha value is -1.63. The van der Waals surface area contributed by atoms with Gasteiger partial charge in [0.2, 0.25) is 0 Å². The van der Waals surface area contributed by atoms with Crippen molar-refractivity contribution in [3.05, 3.63) is 28.3 Å². The molecule has 2 fully saturated rings. The Balaban J connectivity index is 1.82. The number of nitrogens with zero attached hydrogens (tertiary/aromatic N) is 2. The molecule has 24 heavy (non-hydrogen) atoms. The van der Waals surface area contributed by atoms with E-state index in [0.717, 1.165) is 37.9 Å². The van der Waals surface area contributed by atoms with Gasteiger partial charge in [0.25, 0.3) is 5.69 Å². The molecule has 3 rings (SSSR count). The summed E-state index contributed by atoms with van der Waals surface area (Å²) in [7, 11) is -3.63. The molecule has 7 heteroatoms. The lowest BCUT2D eigenvalue weighted by Gasteiger charge is -2.45. The summed E-state index contributed by atoms with van der Waals surface area (Å²) < 4.78 is 23.8. The third kappa shape index (κ3) is 3.41. The zero-order valence-electron chi connectivity index (χ0n) is 14.0. The molecule has 2 aliphatic rings. The fourth-order valence-electron chi connectivity index (χ4n) is 4.19. The minimum atomic E-state index is -3.63. The van der Waals surface area contributed by atoms with Crippen LogP contribution in [0.4, 0.5) is 11.4 Å². The molecule has 1 aliphatic carbocycles. The molecule has 0 aromatic heterocycles. The molecule has 1 aromatic rings. The molecular weight excluding hydrogens is 328 g/mol. The second-order valence-corrected chi connectivity index (χ2v) is 9.21. The molecule has 0 amide bonds. The van der Waals surface area contributed by atoms with Gasteiger partial charge in [-0.1, -0.05) is 19.3 Å². The van der Waals surface area contributed by atoms with Gasteiger partial charge in [-0.05, 0) is 43.2 Å². The van der Waals surface area contributed by atoms with Crippen molar-refractivity contribution in [1.29, 1.82) is 0 Å². The first-order valence-electron chi connectivity index (χ1n) is 8.54. The van der Waals surface area contributed by atoms with Crippen LogP contribution in [0, 0.1) is 15.5 Å². The predicted octanol–water partition coefficient (Wildman–Crippen LogP) is 3.55. The van der Waals surface area contributed by atoms with Gasteiger partial charge in [0.1, 0.15) is 4.90 Å². The summed E-state index contributed by atoms with van der Waals surface area (Å²) in [5.74, 6) is 0. The lowest BCUT2D eigenvalue weighted by atomic mass is 9.68. The van der Waals surface area contributed by atoms with Gasteiger partial charge < -0.3 is 4.90 Å². The van der Waals surface area contributed by atoms with Crippen LogP contribution in [0.5, 0.6) is 0 Å². The van der Waals surface area contributed by atoms with Gasteiger partial charge in [-0.2, -0.15) is 0 Å². The van der Waals surface area contributed by atoms with Gasteiger partial charge >= 0.3 is 0 Å². The normalized spacial score (nSPS) is 21.0. The quantitative estimate of drug-likeness (QED) is 0.614. The maximum absolute atomic E-state index is 11.9. The molecule has 0 radical (unpaired) electrons. The van der Waals surface area contributed by atoms with E-state index in [-0.39, 0.29) is 10.6 Å². The Labute approximate surface area is 142 Å². The molecule has 1 spiro atoms. The zero-order valence-corrected chi connectivity index (χ0v) is 14.8. The van der Waals surface area contributed by atoms with Crippen LogP contribution in [0.3, 0.4) is 0 Å². The van der Waals surface area contributed by atoms with E-state index in [1.807, 2.05) is 0 Å². The van der Waals surface area contributed by atoms with Crippen LogP contribution >= 0.6 is 0 Å². The van der Waals surface area contributed by atoms with Gasteiger partial charge in [-0.3, -0.25) is 10.1 Å². The first-order valence-corrected chi connectivity index (χ1v) is 10.4. The number of rotatable bonds is 3. The van der Waals surface area contributed by atoms with Crippen LogP contribution in [-0.2, 0) is 9.84 Å². The number of nitro benzene ring substituents is 1. The standard InChI is InChI=1S/C17H24N2O4S/c1-24(22,23)16-13-14(5-6-15(16)19(20)21)18-11-9-17(10-12-18)7-3-2-4-8-17/h5-6,13H,2-4,7-12H2,1H3. The van der Waals surface area contributed by atoms with Crippen molar-refractivity contribution in [3.63, 3.8) is 0 Å². The molecule has 1 saturated heterocycles. The van der Waals surface area contributed by atoms with E-state index in [2.05, 4.69) is 4.90 Å². The molecule has 0 bridgehead atoms. The number of hydrogen-bond donors (Lipinski definition) is 0. The van der Waals surface area contributed by atoms with Crippen molar-refractivity contribution >= 4 is 21.2 Å². The van der Waals surface area contributed by atoms with Crippen molar-refractivity contribution in [2.75, 3.05) is 24.2 Å². The predicted molar refractivity (Wildman–Crippen MR) is 93.2 cm³/mol. The van der Waals surface area contributed by atoms with E-state index in [1.165, 1.54) is 44.2 Å². The first kappa shape index (κ1) is 17.2. The Bertz CT molecular complexity index is 729. The summed E-state index contributed by atoms with van der Waals surface area (Å²) in [5, 5.41) is 11.1. The molecule has 0 atom stereocenters. The summed E-state index contributed by atoms with van der Waals surface area (Å²) >= 11 is 0. The van der Waals surface area contributed by atoms with Gasteiger partial charge in [0.05, 0.1) is 4.92 Å². The minimum Gasteiger partial charge on any atom is -0.371 e. The third-order valence-corrected chi connectivity index (χ3v) is 6.77. The summed E-state index contributed by atoms with van der Waals surface area (Å²) in [4.78, 5) is 12.4. The van der Waals surface area contributed by atoms with Crippen molar-refractivity contribution < 1.29 is 13.3 Å². The molecular formula is C17H24N2O4S. The Morgan fingerprint density at radius 2 is 1.71 bits per heavy atom. The average Bonchev–Trinajstić information content (AvgIpc) is 2.55. The SMILES string of the molecule is CS(=O)(=O)c1cc(N2CCC3(CCCCC3)CC2)ccc1[N+](=O)[O-]. The van der Waals surface area contributed by atoms with Crippen LogP contribution in [0.1, 0.15) is 44.9 Å². The Morgan fingerprint density at radius 3 is 2.25 bits per heavy atom. The van der Waals surface area contributed by atoms with E-state index in [1.54, 1.807) is 6.07 Å². The molecule has 0 N–H and O–H groups in total. The van der Waals surface area contributed by atoms with E-state index in [4.69, 9.17) is 0 Å². The first-order chi connectivity index (χ1) is 11.3. The number of benzene rings is 1. The number of piperidine rings is 1. The zero-order chi connectivity index (χ0) is 17.4. The summed E-state index contributed by atoms with van der Waals surface area (Å²) in [5.41, 5.74) is 0.892. The number of sulfone groups is 1. The average molecular weight is 352 g/mol. The van der Waals surface area contributed by atoms with Gasteiger partial charge in [-0.15, -0.1) is 0 Å². The topological polar surface area (TPSA) is 80.5 Å². The largest absolute Gasteiger partial charge is 0.371 e. The maximum atomic E-state index is 11.9. The van der Waals surface area contributed by atoms with Crippen molar-refractivity contribution in [2.24, 2.45) is 5.41 Å². The van der Waals surface area contributed by atoms with E-state index < -0.39 is 14.8 Å². The van der Waals surface area contributed by atoms with Crippen LogP contribution < -0.4 is 4.90 Å². The summed E-state index contributed by atoms with van der Waals surface area (Å²) in [6, 6.07) is 4.45. The summed E-state index contributed by atoms with van der Waals surface area (Å²) in [6.45, 7) is 1.78. The number of nitro groups is 1. The van der Waals surface area contributed by atoms with Gasteiger partial charge in [0.15, 0.2) is 9.84 Å². The van der Waals surface area contributed by atoms with Crippen molar-refractivity contribution in [1.82, 2.24) is 0 Å². The molecule has 0 unspecified atom stereocenters. The molecule has 6 nitrogen and oxygen atoms in total. The second kappa shape index (κ2) is 6.35. The lowest BCUT2D eigenvalue weighted by molar-refractivity contribution is -0.387. The summed E-state index contributed by atoms with van der Waals surface area (Å²) in [6.07, 6.45) is 9.84. The van der Waals surface area contributed by atoms with Crippen molar-refractivity contribution in [3.8, 4) is 0 Å². The van der Waals surface area contributed by atoms with Gasteiger partial charge in [0, 0.05) is 31.1 Å². The molecule has 1 aromatic carbocycles.